The molecule has 0 unspecified atom stereocenters. The fourth-order valence-corrected chi connectivity index (χ4v) is 2.91. The second-order valence-corrected chi connectivity index (χ2v) is 6.23. The fourth-order valence-electron chi connectivity index (χ4n) is 2.91. The van der Waals surface area contributed by atoms with E-state index in [0.717, 1.165) is 11.1 Å². The molecule has 0 bridgehead atoms. The lowest BCUT2D eigenvalue weighted by Crippen LogP contribution is -2.46. The van der Waals surface area contributed by atoms with Crippen molar-refractivity contribution in [2.45, 2.75) is 5.92 Å². The van der Waals surface area contributed by atoms with Crippen LogP contribution < -0.4 is 20.3 Å². The van der Waals surface area contributed by atoms with E-state index in [0.29, 0.717) is 11.5 Å². The van der Waals surface area contributed by atoms with Gasteiger partial charge in [0.05, 0.1) is 13.0 Å². The molecule has 148 valence electrons. The minimum absolute atomic E-state index is 0.262. The summed E-state index contributed by atoms with van der Waals surface area (Å²) in [7, 11) is 1.52. The highest BCUT2D eigenvalue weighted by molar-refractivity contribution is 5.89. The monoisotopic (exact) mass is 390 g/mol. The van der Waals surface area contributed by atoms with E-state index in [9.17, 15) is 9.59 Å². The van der Waals surface area contributed by atoms with Crippen molar-refractivity contribution in [1.82, 2.24) is 10.9 Å². The molecule has 0 aliphatic heterocycles. The van der Waals surface area contributed by atoms with Gasteiger partial charge in [0.2, 0.25) is 5.91 Å². The number of methoxy groups -OCH3 is 1. The summed E-state index contributed by atoms with van der Waals surface area (Å²) in [5.41, 5.74) is 6.56. The van der Waals surface area contributed by atoms with Crippen molar-refractivity contribution in [3.63, 3.8) is 0 Å². The molecule has 0 atom stereocenters. The highest BCUT2D eigenvalue weighted by Crippen LogP contribution is 2.26. The van der Waals surface area contributed by atoms with Crippen LogP contribution in [0.2, 0.25) is 0 Å². The van der Waals surface area contributed by atoms with Crippen LogP contribution in [0.4, 0.5) is 0 Å². The number of carbonyl (C=O) groups excluding carboxylic acids is 2. The highest BCUT2D eigenvalue weighted by atomic mass is 16.5. The maximum atomic E-state index is 12.8. The van der Waals surface area contributed by atoms with Crippen LogP contribution in [0.3, 0.4) is 0 Å². The van der Waals surface area contributed by atoms with Crippen molar-refractivity contribution in [3.05, 3.63) is 96.1 Å². The molecule has 0 saturated heterocycles. The summed E-state index contributed by atoms with van der Waals surface area (Å²) >= 11 is 0. The predicted molar refractivity (Wildman–Crippen MR) is 110 cm³/mol. The number of benzene rings is 3. The second kappa shape index (κ2) is 9.94. The summed E-state index contributed by atoms with van der Waals surface area (Å²) in [5, 5.41) is 0. The number of rotatable bonds is 7. The van der Waals surface area contributed by atoms with E-state index in [4.69, 9.17) is 9.47 Å². The van der Waals surface area contributed by atoms with Crippen LogP contribution in [-0.2, 0) is 9.59 Å². The third kappa shape index (κ3) is 5.35. The summed E-state index contributed by atoms with van der Waals surface area (Å²) in [5.74, 6) is -0.398. The Hall–Kier alpha value is -3.80. The molecule has 6 nitrogen and oxygen atoms in total. The average molecular weight is 390 g/mol. The molecule has 0 aliphatic carbocycles. The summed E-state index contributed by atoms with van der Waals surface area (Å²) < 4.78 is 10.6. The van der Waals surface area contributed by atoms with Crippen LogP contribution in [-0.4, -0.2) is 25.5 Å². The van der Waals surface area contributed by atoms with E-state index >= 15 is 0 Å². The zero-order chi connectivity index (χ0) is 20.5. The molecule has 29 heavy (non-hydrogen) atoms. The Labute approximate surface area is 169 Å². The molecule has 0 aliphatic rings. The van der Waals surface area contributed by atoms with Crippen LogP contribution in [0.25, 0.3) is 0 Å². The molecule has 2 amide bonds. The lowest BCUT2D eigenvalue weighted by atomic mass is 9.91. The number of hydrogen-bond acceptors (Lipinski definition) is 4. The Morgan fingerprint density at radius 2 is 1.28 bits per heavy atom. The van der Waals surface area contributed by atoms with E-state index in [1.54, 1.807) is 24.3 Å². The van der Waals surface area contributed by atoms with Gasteiger partial charge >= 0.3 is 0 Å². The molecule has 6 heteroatoms. The first-order valence-electron chi connectivity index (χ1n) is 9.13. The lowest BCUT2D eigenvalue weighted by Gasteiger charge is -2.18. The third-order valence-electron chi connectivity index (χ3n) is 4.28. The van der Waals surface area contributed by atoms with E-state index in [1.807, 2.05) is 60.7 Å². The first-order valence-corrected chi connectivity index (χ1v) is 9.13. The standard InChI is InChI=1S/C23H22N2O4/c1-28-19-14-8-9-15-20(19)29-16-21(26)24-25-23(27)22(17-10-4-2-5-11-17)18-12-6-3-7-13-18/h2-15,22H,16H2,1H3,(H,24,26)(H,25,27). The number of para-hydroxylation sites is 2. The van der Waals surface area contributed by atoms with Crippen molar-refractivity contribution in [1.29, 1.82) is 0 Å². The van der Waals surface area contributed by atoms with Gasteiger partial charge in [-0.1, -0.05) is 72.8 Å². The number of hydrogen-bond donors (Lipinski definition) is 2. The van der Waals surface area contributed by atoms with Crippen molar-refractivity contribution >= 4 is 11.8 Å². The Morgan fingerprint density at radius 1 is 0.759 bits per heavy atom. The average Bonchev–Trinajstić information content (AvgIpc) is 2.78. The Balaban J connectivity index is 1.62. The number of ether oxygens (including phenoxy) is 2. The van der Waals surface area contributed by atoms with Crippen LogP contribution in [0.15, 0.2) is 84.9 Å². The molecule has 3 aromatic rings. The van der Waals surface area contributed by atoms with Crippen LogP contribution in [0.1, 0.15) is 17.0 Å². The molecule has 2 N–H and O–H groups in total. The summed E-state index contributed by atoms with van der Waals surface area (Å²) in [6.07, 6.45) is 0. The smallest absolute Gasteiger partial charge is 0.276 e. The van der Waals surface area contributed by atoms with E-state index < -0.39 is 11.8 Å². The number of amides is 2. The molecule has 0 spiro atoms. The first-order chi connectivity index (χ1) is 14.2. The minimum atomic E-state index is -0.548. The van der Waals surface area contributed by atoms with Gasteiger partial charge in [0.15, 0.2) is 18.1 Å². The molecule has 0 aromatic heterocycles. The molecule has 0 saturated carbocycles. The zero-order valence-electron chi connectivity index (χ0n) is 16.0. The summed E-state index contributed by atoms with van der Waals surface area (Å²) in [6, 6.07) is 25.8. The van der Waals surface area contributed by atoms with Gasteiger partial charge in [-0.25, -0.2) is 0 Å². The van der Waals surface area contributed by atoms with Gasteiger partial charge in [-0.05, 0) is 23.3 Å². The van der Waals surface area contributed by atoms with Gasteiger partial charge in [0, 0.05) is 0 Å². The lowest BCUT2D eigenvalue weighted by molar-refractivity contribution is -0.130. The maximum Gasteiger partial charge on any atom is 0.276 e. The molecule has 0 radical (unpaired) electrons. The Morgan fingerprint density at radius 3 is 1.83 bits per heavy atom. The van der Waals surface area contributed by atoms with Gasteiger partial charge in [0.1, 0.15) is 0 Å². The number of carbonyl (C=O) groups is 2. The molecule has 0 heterocycles. The summed E-state index contributed by atoms with van der Waals surface area (Å²) in [6.45, 7) is -0.262. The molecular weight excluding hydrogens is 368 g/mol. The maximum absolute atomic E-state index is 12.8. The zero-order valence-corrected chi connectivity index (χ0v) is 16.0. The first kappa shape index (κ1) is 19.9. The van der Waals surface area contributed by atoms with Crippen LogP contribution in [0.5, 0.6) is 11.5 Å². The number of hydrazine groups is 1. The normalized spacial score (nSPS) is 10.3. The van der Waals surface area contributed by atoms with Crippen LogP contribution >= 0.6 is 0 Å². The Bertz CT molecular complexity index is 906. The quantitative estimate of drug-likeness (QED) is 0.608. The predicted octanol–water partition coefficient (Wildman–Crippen LogP) is 3.05. The largest absolute Gasteiger partial charge is 0.493 e. The van der Waals surface area contributed by atoms with Gasteiger partial charge in [-0.3, -0.25) is 20.4 Å². The van der Waals surface area contributed by atoms with Crippen molar-refractivity contribution in [3.8, 4) is 11.5 Å². The Kier molecular flexibility index (Phi) is 6.84. The van der Waals surface area contributed by atoms with Crippen molar-refractivity contribution in [2.24, 2.45) is 0 Å². The highest BCUT2D eigenvalue weighted by Gasteiger charge is 2.23. The van der Waals surface area contributed by atoms with E-state index in [1.165, 1.54) is 7.11 Å². The van der Waals surface area contributed by atoms with Gasteiger partial charge in [-0.15, -0.1) is 0 Å². The molecule has 3 aromatic carbocycles. The van der Waals surface area contributed by atoms with E-state index in [-0.39, 0.29) is 12.5 Å². The van der Waals surface area contributed by atoms with Crippen LogP contribution in [0, 0.1) is 0 Å². The van der Waals surface area contributed by atoms with Gasteiger partial charge in [-0.2, -0.15) is 0 Å². The fraction of sp³-hybridized carbons (Fsp3) is 0.130. The van der Waals surface area contributed by atoms with E-state index in [2.05, 4.69) is 10.9 Å². The summed E-state index contributed by atoms with van der Waals surface area (Å²) in [4.78, 5) is 25.0. The number of nitrogens with one attached hydrogen (secondary N) is 2. The van der Waals surface area contributed by atoms with Crippen molar-refractivity contribution in [2.75, 3.05) is 13.7 Å². The third-order valence-corrected chi connectivity index (χ3v) is 4.28. The minimum Gasteiger partial charge on any atom is -0.493 e. The topological polar surface area (TPSA) is 76.7 Å². The van der Waals surface area contributed by atoms with Gasteiger partial charge < -0.3 is 9.47 Å². The van der Waals surface area contributed by atoms with Gasteiger partial charge in [0.25, 0.3) is 5.91 Å². The molecule has 3 rings (SSSR count). The SMILES string of the molecule is COc1ccccc1OCC(=O)NNC(=O)C(c1ccccc1)c1ccccc1. The molecular formula is C23H22N2O4. The molecule has 0 fully saturated rings. The van der Waals surface area contributed by atoms with Crippen molar-refractivity contribution < 1.29 is 19.1 Å². The second-order valence-electron chi connectivity index (χ2n) is 6.23.